The maximum Gasteiger partial charge on any atom is 0.253 e. The molecule has 0 bridgehead atoms. The van der Waals surface area contributed by atoms with E-state index in [1.165, 1.54) is 11.9 Å². The second-order valence-electron chi connectivity index (χ2n) is 8.06. The van der Waals surface area contributed by atoms with E-state index in [0.29, 0.717) is 37.3 Å². The lowest BCUT2D eigenvalue weighted by molar-refractivity contribution is 0.0535. The summed E-state index contributed by atoms with van der Waals surface area (Å²) in [5, 5.41) is 1.10. The number of benzene rings is 3. The molecule has 1 fully saturated rings. The van der Waals surface area contributed by atoms with Crippen LogP contribution in [-0.4, -0.2) is 52.8 Å². The van der Waals surface area contributed by atoms with Crippen LogP contribution in [0.15, 0.2) is 96.0 Å². The number of carbonyl (C=O) groups is 2. The first-order valence-corrected chi connectivity index (χ1v) is 12.0. The van der Waals surface area contributed by atoms with E-state index < -0.39 is 0 Å². The van der Waals surface area contributed by atoms with Gasteiger partial charge in [-0.15, -0.1) is 0 Å². The van der Waals surface area contributed by atoms with Crippen LogP contribution in [0.3, 0.4) is 0 Å². The molecule has 5 rings (SSSR count). The van der Waals surface area contributed by atoms with Crippen LogP contribution in [0.4, 0.5) is 5.69 Å². The molecule has 0 spiro atoms. The van der Waals surface area contributed by atoms with Crippen LogP contribution in [0.2, 0.25) is 0 Å². The van der Waals surface area contributed by atoms with E-state index in [0.717, 1.165) is 21.5 Å². The first-order chi connectivity index (χ1) is 16.7. The lowest BCUT2D eigenvalue weighted by Crippen LogP contribution is -2.50. The predicted molar refractivity (Wildman–Crippen MR) is 136 cm³/mol. The summed E-state index contributed by atoms with van der Waals surface area (Å²) in [6, 6.07) is 26.9. The second-order valence-corrected chi connectivity index (χ2v) is 8.91. The van der Waals surface area contributed by atoms with Gasteiger partial charge in [-0.2, -0.15) is 0 Å². The molecular weight excluding hydrogens is 444 g/mol. The topological polar surface area (TPSA) is 65.5 Å². The lowest BCUT2D eigenvalue weighted by atomic mass is 10.1. The fourth-order valence-corrected chi connectivity index (χ4v) is 4.79. The first-order valence-electron chi connectivity index (χ1n) is 11.2. The standard InChI is InChI=1S/C27H24N4O2S/c32-26(21-6-2-1-3-7-21)30-16-18-31(19-17-30)27(33)22-11-13-23(14-12-22)29-34-24-10-4-8-20-9-5-15-28-25(20)24/h1-15,29H,16-19H2. The fourth-order valence-electron chi connectivity index (χ4n) is 4.01. The lowest BCUT2D eigenvalue weighted by Gasteiger charge is -2.35. The third kappa shape index (κ3) is 4.75. The Hall–Kier alpha value is -3.84. The predicted octanol–water partition coefficient (Wildman–Crippen LogP) is 4.95. The fraction of sp³-hybridized carbons (Fsp3) is 0.148. The molecule has 1 aliphatic heterocycles. The largest absolute Gasteiger partial charge is 0.335 e. The Labute approximate surface area is 202 Å². The molecule has 0 unspecified atom stereocenters. The Bertz CT molecular complexity index is 1300. The van der Waals surface area contributed by atoms with Crippen molar-refractivity contribution in [3.05, 3.63) is 102 Å². The van der Waals surface area contributed by atoms with Gasteiger partial charge in [0.25, 0.3) is 11.8 Å². The third-order valence-electron chi connectivity index (χ3n) is 5.88. The molecule has 2 heterocycles. The number of hydrogen-bond acceptors (Lipinski definition) is 5. The van der Waals surface area contributed by atoms with Gasteiger partial charge >= 0.3 is 0 Å². The highest BCUT2D eigenvalue weighted by atomic mass is 32.2. The third-order valence-corrected chi connectivity index (χ3v) is 6.77. The maximum atomic E-state index is 13.0. The molecule has 34 heavy (non-hydrogen) atoms. The molecule has 0 atom stereocenters. The van der Waals surface area contributed by atoms with Gasteiger partial charge in [0.1, 0.15) is 0 Å². The molecule has 0 saturated carbocycles. The molecule has 7 heteroatoms. The van der Waals surface area contributed by atoms with Crippen LogP contribution in [0.5, 0.6) is 0 Å². The molecule has 1 aliphatic rings. The minimum Gasteiger partial charge on any atom is -0.335 e. The zero-order chi connectivity index (χ0) is 23.3. The minimum atomic E-state index is -0.00994. The van der Waals surface area contributed by atoms with E-state index in [4.69, 9.17) is 0 Å². The molecule has 0 radical (unpaired) electrons. The molecule has 6 nitrogen and oxygen atoms in total. The molecule has 0 aliphatic carbocycles. The summed E-state index contributed by atoms with van der Waals surface area (Å²) in [5.74, 6) is 0.00582. The van der Waals surface area contributed by atoms with Gasteiger partial charge in [-0.1, -0.05) is 36.4 Å². The number of aromatic nitrogens is 1. The van der Waals surface area contributed by atoms with Crippen molar-refractivity contribution < 1.29 is 9.59 Å². The van der Waals surface area contributed by atoms with Crippen molar-refractivity contribution in [2.45, 2.75) is 4.90 Å². The SMILES string of the molecule is O=C(c1ccccc1)N1CCN(C(=O)c2ccc(NSc3cccc4cccnc34)cc2)CC1. The summed E-state index contributed by atoms with van der Waals surface area (Å²) < 4.78 is 3.34. The van der Waals surface area contributed by atoms with Crippen LogP contribution in [0, 0.1) is 0 Å². The van der Waals surface area contributed by atoms with Crippen LogP contribution in [-0.2, 0) is 0 Å². The Morgan fingerprint density at radius 3 is 2.00 bits per heavy atom. The van der Waals surface area contributed by atoms with Crippen molar-refractivity contribution in [1.82, 2.24) is 14.8 Å². The van der Waals surface area contributed by atoms with Crippen LogP contribution in [0.25, 0.3) is 10.9 Å². The molecule has 1 N–H and O–H groups in total. The summed E-state index contributed by atoms with van der Waals surface area (Å²) in [7, 11) is 0. The number of carbonyl (C=O) groups excluding carboxylic acids is 2. The quantitative estimate of drug-likeness (QED) is 0.420. The number of rotatable bonds is 5. The average Bonchev–Trinajstić information content (AvgIpc) is 2.92. The number of amides is 2. The van der Waals surface area contributed by atoms with Crippen LogP contribution < -0.4 is 4.72 Å². The van der Waals surface area contributed by atoms with Crippen molar-refractivity contribution in [1.29, 1.82) is 0 Å². The molecule has 4 aromatic rings. The zero-order valence-electron chi connectivity index (χ0n) is 18.6. The Morgan fingerprint density at radius 2 is 1.32 bits per heavy atom. The number of nitrogens with one attached hydrogen (secondary N) is 1. The highest BCUT2D eigenvalue weighted by Crippen LogP contribution is 2.27. The van der Waals surface area contributed by atoms with Gasteiger partial charge in [-0.3, -0.25) is 14.6 Å². The van der Waals surface area contributed by atoms with E-state index in [1.54, 1.807) is 6.20 Å². The van der Waals surface area contributed by atoms with Crippen molar-refractivity contribution >= 4 is 40.4 Å². The van der Waals surface area contributed by atoms with E-state index in [9.17, 15) is 9.59 Å². The second kappa shape index (κ2) is 9.97. The van der Waals surface area contributed by atoms with Crippen LogP contribution in [0.1, 0.15) is 20.7 Å². The number of nitrogens with zero attached hydrogens (tertiary/aromatic N) is 3. The van der Waals surface area contributed by atoms with Crippen molar-refractivity contribution in [2.75, 3.05) is 30.9 Å². The average molecular weight is 469 g/mol. The number of hydrogen-bond donors (Lipinski definition) is 1. The zero-order valence-corrected chi connectivity index (χ0v) is 19.4. The Morgan fingerprint density at radius 1 is 0.706 bits per heavy atom. The number of para-hydroxylation sites is 1. The molecule has 3 aromatic carbocycles. The molecule has 1 aromatic heterocycles. The normalized spacial score (nSPS) is 13.6. The number of anilines is 1. The van der Waals surface area contributed by atoms with Crippen LogP contribution >= 0.6 is 11.9 Å². The van der Waals surface area contributed by atoms with Crippen molar-refractivity contribution in [2.24, 2.45) is 0 Å². The number of pyridine rings is 1. The van der Waals surface area contributed by atoms with E-state index in [1.807, 2.05) is 94.7 Å². The summed E-state index contributed by atoms with van der Waals surface area (Å²) in [6.45, 7) is 2.13. The van der Waals surface area contributed by atoms with E-state index in [2.05, 4.69) is 9.71 Å². The van der Waals surface area contributed by atoms with Crippen molar-refractivity contribution in [3.63, 3.8) is 0 Å². The van der Waals surface area contributed by atoms with E-state index in [-0.39, 0.29) is 11.8 Å². The smallest absolute Gasteiger partial charge is 0.253 e. The Kier molecular flexibility index (Phi) is 6.44. The van der Waals surface area contributed by atoms with Gasteiger partial charge < -0.3 is 14.5 Å². The monoisotopic (exact) mass is 468 g/mol. The number of piperazine rings is 1. The molecule has 1 saturated heterocycles. The first kappa shape index (κ1) is 22.0. The summed E-state index contributed by atoms with van der Waals surface area (Å²) in [5.41, 5.74) is 3.19. The molecule has 2 amide bonds. The van der Waals surface area contributed by atoms with Gasteiger partial charge in [0.15, 0.2) is 0 Å². The van der Waals surface area contributed by atoms with Gasteiger partial charge in [0, 0.05) is 54.6 Å². The number of fused-ring (bicyclic) bond motifs is 1. The summed E-state index contributed by atoms with van der Waals surface area (Å²) >= 11 is 1.50. The summed E-state index contributed by atoms with van der Waals surface area (Å²) in [4.78, 5) is 34.7. The van der Waals surface area contributed by atoms with Gasteiger partial charge in [0.05, 0.1) is 10.4 Å². The van der Waals surface area contributed by atoms with E-state index >= 15 is 0 Å². The molecular formula is C27H24N4O2S. The molecule has 170 valence electrons. The van der Waals surface area contributed by atoms with Gasteiger partial charge in [-0.05, 0) is 60.5 Å². The maximum absolute atomic E-state index is 13.0. The highest BCUT2D eigenvalue weighted by molar-refractivity contribution is 8.00. The van der Waals surface area contributed by atoms with Gasteiger partial charge in [0.2, 0.25) is 0 Å². The van der Waals surface area contributed by atoms with Crippen molar-refractivity contribution in [3.8, 4) is 0 Å². The Balaban J connectivity index is 1.17. The van der Waals surface area contributed by atoms with Gasteiger partial charge in [-0.25, -0.2) is 0 Å². The summed E-state index contributed by atoms with van der Waals surface area (Å²) in [6.07, 6.45) is 1.80. The minimum absolute atomic E-state index is 0.00994. The highest BCUT2D eigenvalue weighted by Gasteiger charge is 2.25.